The lowest BCUT2D eigenvalue weighted by molar-refractivity contribution is 0.0943. The van der Waals surface area contributed by atoms with Gasteiger partial charge in [-0.25, -0.2) is 4.79 Å². The van der Waals surface area contributed by atoms with Crippen molar-refractivity contribution in [2.24, 2.45) is 0 Å². The molecule has 2 rings (SSSR count). The van der Waals surface area contributed by atoms with Gasteiger partial charge in [-0.1, -0.05) is 30.9 Å². The van der Waals surface area contributed by atoms with Gasteiger partial charge in [-0.05, 0) is 37.0 Å². The second-order valence-electron chi connectivity index (χ2n) is 5.75. The lowest BCUT2D eigenvalue weighted by Gasteiger charge is -2.28. The molecule has 0 aliphatic heterocycles. The molecule has 0 saturated heterocycles. The third kappa shape index (κ3) is 5.84. The van der Waals surface area contributed by atoms with Gasteiger partial charge in [0.2, 0.25) is 0 Å². The fourth-order valence-electron chi connectivity index (χ4n) is 2.70. The highest BCUT2D eigenvalue weighted by Gasteiger charge is 2.24. The summed E-state index contributed by atoms with van der Waals surface area (Å²) < 4.78 is 5.31. The molecule has 23 heavy (non-hydrogen) atoms. The number of hydrogen-bond acceptors (Lipinski definition) is 3. The largest absolute Gasteiger partial charge is 0.481 e. The summed E-state index contributed by atoms with van der Waals surface area (Å²) in [6.07, 6.45) is 9.13. The number of hydrogen-bond donors (Lipinski definition) is 3. The topological polar surface area (TPSA) is 70.6 Å². The molecule has 1 aromatic carbocycles. The molecule has 0 aromatic heterocycles. The van der Waals surface area contributed by atoms with E-state index in [1.807, 2.05) is 24.3 Å². The Kier molecular flexibility index (Phi) is 6.76. The van der Waals surface area contributed by atoms with Crippen molar-refractivity contribution >= 4 is 6.03 Å². The highest BCUT2D eigenvalue weighted by Crippen LogP contribution is 2.18. The maximum atomic E-state index is 11.8. The zero-order chi connectivity index (χ0) is 16.5. The van der Waals surface area contributed by atoms with Crippen molar-refractivity contribution in [2.75, 3.05) is 13.2 Å². The first kappa shape index (κ1) is 17.2. The molecule has 2 amide bonds. The summed E-state index contributed by atoms with van der Waals surface area (Å²) in [4.78, 5) is 11.8. The van der Waals surface area contributed by atoms with Gasteiger partial charge in [0.1, 0.15) is 12.4 Å². The molecular formula is C18H24N2O3. The molecule has 0 radical (unpaired) electrons. The highest BCUT2D eigenvalue weighted by atomic mass is 16.5. The molecule has 124 valence electrons. The lowest BCUT2D eigenvalue weighted by atomic mass is 9.93. The van der Waals surface area contributed by atoms with Crippen LogP contribution in [0.3, 0.4) is 0 Å². The molecule has 1 aliphatic carbocycles. The van der Waals surface area contributed by atoms with Crippen LogP contribution in [0, 0.1) is 12.3 Å². The van der Waals surface area contributed by atoms with Crippen LogP contribution in [0.5, 0.6) is 5.75 Å². The van der Waals surface area contributed by atoms with Crippen molar-refractivity contribution in [3.8, 4) is 18.1 Å². The van der Waals surface area contributed by atoms with Crippen molar-refractivity contribution < 1.29 is 14.6 Å². The minimum atomic E-state index is -0.426. The van der Waals surface area contributed by atoms with Crippen molar-refractivity contribution in [1.82, 2.24) is 10.6 Å². The summed E-state index contributed by atoms with van der Waals surface area (Å²) >= 11 is 0. The Hall–Kier alpha value is -2.19. The van der Waals surface area contributed by atoms with Crippen molar-refractivity contribution in [1.29, 1.82) is 0 Å². The maximum absolute atomic E-state index is 11.8. The Balaban J connectivity index is 1.67. The summed E-state index contributed by atoms with van der Waals surface area (Å²) in [5.74, 6) is 3.16. The standard InChI is InChI=1S/C18H24N2O3/c1-2-13-23-15-9-7-14(8-10-15)11-12-19-18(22)20-16-5-3-4-6-17(16)21/h1,7-10,16-17,21H,3-6,11-13H2,(H2,19,20,22). The lowest BCUT2D eigenvalue weighted by Crippen LogP contribution is -2.49. The number of nitrogens with one attached hydrogen (secondary N) is 2. The zero-order valence-electron chi connectivity index (χ0n) is 13.3. The van der Waals surface area contributed by atoms with Crippen LogP contribution in [0.4, 0.5) is 4.79 Å². The molecule has 1 aliphatic rings. The number of benzene rings is 1. The van der Waals surface area contributed by atoms with E-state index in [-0.39, 0.29) is 18.7 Å². The molecule has 0 bridgehead atoms. The van der Waals surface area contributed by atoms with E-state index in [1.165, 1.54) is 0 Å². The van der Waals surface area contributed by atoms with Crippen LogP contribution in [0.2, 0.25) is 0 Å². The Morgan fingerprint density at radius 3 is 2.74 bits per heavy atom. The number of terminal acetylenes is 1. The van der Waals surface area contributed by atoms with Crippen LogP contribution < -0.4 is 15.4 Å². The number of carbonyl (C=O) groups is 1. The SMILES string of the molecule is C#CCOc1ccc(CCNC(=O)NC2CCCCC2O)cc1. The number of urea groups is 1. The minimum absolute atomic E-state index is 0.128. The van der Waals surface area contributed by atoms with E-state index < -0.39 is 6.10 Å². The number of carbonyl (C=O) groups excluding carboxylic acids is 1. The Morgan fingerprint density at radius 1 is 1.30 bits per heavy atom. The predicted molar refractivity (Wildman–Crippen MR) is 89.3 cm³/mol. The van der Waals surface area contributed by atoms with Gasteiger partial charge in [0.15, 0.2) is 0 Å². The first-order chi connectivity index (χ1) is 11.2. The second-order valence-corrected chi connectivity index (χ2v) is 5.75. The average Bonchev–Trinajstić information content (AvgIpc) is 2.56. The number of amides is 2. The van der Waals surface area contributed by atoms with Crippen LogP contribution in [0.25, 0.3) is 0 Å². The number of ether oxygens (including phenoxy) is 1. The highest BCUT2D eigenvalue weighted by molar-refractivity contribution is 5.74. The van der Waals surface area contributed by atoms with Gasteiger partial charge in [0.05, 0.1) is 12.1 Å². The quantitative estimate of drug-likeness (QED) is 0.701. The third-order valence-electron chi connectivity index (χ3n) is 3.99. The van der Waals surface area contributed by atoms with Gasteiger partial charge >= 0.3 is 6.03 Å². The fourth-order valence-corrected chi connectivity index (χ4v) is 2.70. The zero-order valence-corrected chi connectivity index (χ0v) is 13.3. The molecule has 2 unspecified atom stereocenters. The van der Waals surface area contributed by atoms with E-state index in [9.17, 15) is 9.90 Å². The van der Waals surface area contributed by atoms with Gasteiger partial charge in [0.25, 0.3) is 0 Å². The van der Waals surface area contributed by atoms with Crippen molar-refractivity contribution in [3.63, 3.8) is 0 Å². The molecule has 2 atom stereocenters. The van der Waals surface area contributed by atoms with E-state index in [0.717, 1.165) is 43.4 Å². The van der Waals surface area contributed by atoms with Crippen molar-refractivity contribution in [3.05, 3.63) is 29.8 Å². The van der Waals surface area contributed by atoms with Crippen LogP contribution in [-0.4, -0.2) is 36.4 Å². The van der Waals surface area contributed by atoms with E-state index >= 15 is 0 Å². The summed E-state index contributed by atoms with van der Waals surface area (Å²) in [6, 6.07) is 7.30. The van der Waals surface area contributed by atoms with Gasteiger partial charge in [0, 0.05) is 6.54 Å². The van der Waals surface area contributed by atoms with Gasteiger partial charge in [-0.3, -0.25) is 0 Å². The molecule has 5 nitrogen and oxygen atoms in total. The van der Waals surface area contributed by atoms with E-state index in [4.69, 9.17) is 11.2 Å². The van der Waals surface area contributed by atoms with E-state index in [0.29, 0.717) is 6.54 Å². The predicted octanol–water partition coefficient (Wildman–Crippen LogP) is 1.84. The Morgan fingerprint density at radius 2 is 2.04 bits per heavy atom. The molecule has 5 heteroatoms. The molecule has 0 spiro atoms. The number of aliphatic hydroxyl groups is 1. The first-order valence-electron chi connectivity index (χ1n) is 8.06. The van der Waals surface area contributed by atoms with Gasteiger partial charge < -0.3 is 20.5 Å². The summed E-state index contributed by atoms with van der Waals surface area (Å²) in [5, 5.41) is 15.5. The normalized spacial score (nSPS) is 20.3. The Labute approximate surface area is 137 Å². The number of aliphatic hydroxyl groups excluding tert-OH is 1. The molecule has 1 aromatic rings. The number of rotatable bonds is 6. The second kappa shape index (κ2) is 9.06. The van der Waals surface area contributed by atoms with Crippen LogP contribution in [-0.2, 0) is 6.42 Å². The summed E-state index contributed by atoms with van der Waals surface area (Å²) in [5.41, 5.74) is 1.11. The van der Waals surface area contributed by atoms with E-state index in [2.05, 4.69) is 16.6 Å². The van der Waals surface area contributed by atoms with Crippen LogP contribution >= 0.6 is 0 Å². The van der Waals surface area contributed by atoms with E-state index in [1.54, 1.807) is 0 Å². The summed E-state index contributed by atoms with van der Waals surface area (Å²) in [7, 11) is 0. The minimum Gasteiger partial charge on any atom is -0.481 e. The van der Waals surface area contributed by atoms with Crippen LogP contribution in [0.15, 0.2) is 24.3 Å². The smallest absolute Gasteiger partial charge is 0.315 e. The molecular weight excluding hydrogens is 292 g/mol. The van der Waals surface area contributed by atoms with Gasteiger partial charge in [-0.2, -0.15) is 0 Å². The molecule has 1 saturated carbocycles. The molecule has 3 N–H and O–H groups in total. The van der Waals surface area contributed by atoms with Crippen LogP contribution in [0.1, 0.15) is 31.2 Å². The van der Waals surface area contributed by atoms with Crippen molar-refractivity contribution in [2.45, 2.75) is 44.2 Å². The van der Waals surface area contributed by atoms with Gasteiger partial charge in [-0.15, -0.1) is 6.42 Å². The molecule has 1 fully saturated rings. The Bertz CT molecular complexity index is 536. The summed E-state index contributed by atoms with van der Waals surface area (Å²) in [6.45, 7) is 0.799. The monoisotopic (exact) mass is 316 g/mol. The first-order valence-corrected chi connectivity index (χ1v) is 8.06. The fraction of sp³-hybridized carbons (Fsp3) is 0.500. The average molecular weight is 316 g/mol. The third-order valence-corrected chi connectivity index (χ3v) is 3.99. The molecule has 0 heterocycles. The maximum Gasteiger partial charge on any atom is 0.315 e.